The Morgan fingerprint density at radius 3 is 2.03 bits per heavy atom. The normalized spacial score (nSPS) is 11.0. The molecule has 0 fully saturated rings. The number of carbonyl (C=O) groups is 1. The summed E-state index contributed by atoms with van der Waals surface area (Å²) >= 11 is 0. The Morgan fingerprint density at radius 2 is 1.41 bits per heavy atom. The molecule has 0 radical (unpaired) electrons. The van der Waals surface area contributed by atoms with E-state index in [-0.39, 0.29) is 11.3 Å². The van der Waals surface area contributed by atoms with E-state index in [9.17, 15) is 9.59 Å². The molecule has 0 bridgehead atoms. The summed E-state index contributed by atoms with van der Waals surface area (Å²) in [5, 5.41) is 3.04. The van der Waals surface area contributed by atoms with Gasteiger partial charge in [-0.1, -0.05) is 114 Å². The van der Waals surface area contributed by atoms with Crippen molar-refractivity contribution in [2.24, 2.45) is 0 Å². The van der Waals surface area contributed by atoms with E-state index >= 15 is 0 Å². The molecule has 1 amide bonds. The average molecular weight is 511 g/mol. The molecule has 37 heavy (non-hydrogen) atoms. The molecule has 0 spiro atoms. The van der Waals surface area contributed by atoms with Crippen LogP contribution in [0.3, 0.4) is 0 Å². The Hall–Kier alpha value is -2.56. The van der Waals surface area contributed by atoms with Gasteiger partial charge < -0.3 is 14.6 Å². The molecular formula is C32H50N2O3. The zero-order valence-corrected chi connectivity index (χ0v) is 23.4. The van der Waals surface area contributed by atoms with Crippen molar-refractivity contribution in [3.05, 3.63) is 64.1 Å². The highest BCUT2D eigenvalue weighted by atomic mass is 16.5. The fraction of sp³-hybridized carbons (Fsp3) is 0.625. The molecule has 1 heterocycles. The Bertz CT molecular complexity index is 923. The third kappa shape index (κ3) is 13.5. The zero-order valence-electron chi connectivity index (χ0n) is 23.4. The molecule has 5 nitrogen and oxygen atoms in total. The molecule has 0 atom stereocenters. The van der Waals surface area contributed by atoms with Crippen LogP contribution in [0, 0.1) is 6.92 Å². The molecule has 5 heteroatoms. The van der Waals surface area contributed by atoms with E-state index < -0.39 is 0 Å². The monoisotopic (exact) mass is 510 g/mol. The van der Waals surface area contributed by atoms with Crippen molar-refractivity contribution >= 4 is 5.91 Å². The zero-order chi connectivity index (χ0) is 26.6. The van der Waals surface area contributed by atoms with Gasteiger partial charge in [-0.2, -0.15) is 0 Å². The summed E-state index contributed by atoms with van der Waals surface area (Å²) in [6.45, 7) is 5.92. The number of rotatable bonds is 21. The number of benzene rings is 1. The fourth-order valence-corrected chi connectivity index (χ4v) is 4.67. The first-order valence-electron chi connectivity index (χ1n) is 14.7. The maximum atomic E-state index is 12.3. The fourth-order valence-electron chi connectivity index (χ4n) is 4.67. The van der Waals surface area contributed by atoms with Crippen LogP contribution in [0.15, 0.2) is 47.4 Å². The van der Waals surface area contributed by atoms with Crippen molar-refractivity contribution in [1.82, 2.24) is 9.88 Å². The second-order valence-corrected chi connectivity index (χ2v) is 10.3. The van der Waals surface area contributed by atoms with Crippen LogP contribution in [0.2, 0.25) is 0 Å². The van der Waals surface area contributed by atoms with Gasteiger partial charge >= 0.3 is 0 Å². The van der Waals surface area contributed by atoms with Crippen LogP contribution in [0.1, 0.15) is 114 Å². The molecule has 2 rings (SSSR count). The van der Waals surface area contributed by atoms with Gasteiger partial charge in [0, 0.05) is 31.8 Å². The first kappa shape index (κ1) is 30.7. The minimum absolute atomic E-state index is 0.101. The van der Waals surface area contributed by atoms with Crippen LogP contribution in [0.25, 0.3) is 0 Å². The van der Waals surface area contributed by atoms with Gasteiger partial charge in [-0.15, -0.1) is 0 Å². The number of aryl methyl sites for hydroxylation is 1. The second kappa shape index (κ2) is 19.5. The second-order valence-electron chi connectivity index (χ2n) is 10.3. The SMILES string of the molecule is CCCCCCCCCCCCCCCC(=O)NCCCn1ccc(=O)c(OCc2ccccc2)c1C. The number of carbonyl (C=O) groups excluding carboxylic acids is 1. The number of hydrogen-bond acceptors (Lipinski definition) is 3. The van der Waals surface area contributed by atoms with Crippen LogP contribution in [0.5, 0.6) is 5.75 Å². The van der Waals surface area contributed by atoms with Gasteiger partial charge in [-0.25, -0.2) is 0 Å². The van der Waals surface area contributed by atoms with Gasteiger partial charge in [-0.05, 0) is 25.3 Å². The summed E-state index contributed by atoms with van der Waals surface area (Å²) in [5.41, 5.74) is 1.75. The quantitative estimate of drug-likeness (QED) is 0.175. The summed E-state index contributed by atoms with van der Waals surface area (Å²) < 4.78 is 7.88. The maximum Gasteiger partial charge on any atom is 0.223 e. The number of amides is 1. The number of ether oxygens (including phenoxy) is 1. The van der Waals surface area contributed by atoms with E-state index in [0.717, 1.165) is 37.1 Å². The number of aromatic nitrogens is 1. The van der Waals surface area contributed by atoms with Gasteiger partial charge in [0.2, 0.25) is 11.3 Å². The predicted octanol–water partition coefficient (Wildman–Crippen LogP) is 7.72. The molecule has 0 aliphatic heterocycles. The molecule has 2 aromatic rings. The van der Waals surface area contributed by atoms with E-state index in [1.165, 1.54) is 70.6 Å². The van der Waals surface area contributed by atoms with E-state index in [1.54, 1.807) is 6.07 Å². The van der Waals surface area contributed by atoms with Gasteiger partial charge in [0.25, 0.3) is 0 Å². The van der Waals surface area contributed by atoms with E-state index in [1.807, 2.05) is 48.0 Å². The molecule has 1 aromatic carbocycles. The van der Waals surface area contributed by atoms with Crippen LogP contribution >= 0.6 is 0 Å². The number of hydrogen-bond donors (Lipinski definition) is 1. The topological polar surface area (TPSA) is 60.3 Å². The van der Waals surface area contributed by atoms with Crippen molar-refractivity contribution < 1.29 is 9.53 Å². The highest BCUT2D eigenvalue weighted by molar-refractivity contribution is 5.75. The molecule has 206 valence electrons. The smallest absolute Gasteiger partial charge is 0.223 e. The lowest BCUT2D eigenvalue weighted by atomic mass is 10.0. The predicted molar refractivity (Wildman–Crippen MR) is 154 cm³/mol. The first-order chi connectivity index (χ1) is 18.1. The standard InChI is InChI=1S/C32H50N2O3/c1-3-4-5-6-7-8-9-10-11-12-13-14-18-22-31(36)33-24-19-25-34-26-23-30(35)32(28(34)2)37-27-29-20-16-15-17-21-29/h15-17,20-21,23,26H,3-14,18-19,22,24-25,27H2,1-2H3,(H,33,36). The van der Waals surface area contributed by atoms with Gasteiger partial charge in [-0.3, -0.25) is 9.59 Å². The Balaban J connectivity index is 1.50. The third-order valence-corrected chi connectivity index (χ3v) is 7.02. The number of pyridine rings is 1. The van der Waals surface area contributed by atoms with Gasteiger partial charge in [0.05, 0.1) is 5.69 Å². The van der Waals surface area contributed by atoms with E-state index in [2.05, 4.69) is 12.2 Å². The molecular weight excluding hydrogens is 460 g/mol. The number of nitrogens with zero attached hydrogens (tertiary/aromatic N) is 1. The number of unbranched alkanes of at least 4 members (excludes halogenated alkanes) is 12. The van der Waals surface area contributed by atoms with Crippen molar-refractivity contribution in [3.8, 4) is 5.75 Å². The summed E-state index contributed by atoms with van der Waals surface area (Å²) in [6.07, 6.45) is 20.3. The lowest BCUT2D eigenvalue weighted by Gasteiger charge is -2.15. The lowest BCUT2D eigenvalue weighted by Crippen LogP contribution is -2.25. The van der Waals surface area contributed by atoms with Crippen LogP contribution in [-0.2, 0) is 17.9 Å². The summed E-state index contributed by atoms with van der Waals surface area (Å²) in [4.78, 5) is 24.5. The van der Waals surface area contributed by atoms with Crippen molar-refractivity contribution in [2.45, 2.75) is 123 Å². The van der Waals surface area contributed by atoms with E-state index in [0.29, 0.717) is 25.3 Å². The molecule has 1 N–H and O–H groups in total. The van der Waals surface area contributed by atoms with Gasteiger partial charge in [0.1, 0.15) is 6.61 Å². The van der Waals surface area contributed by atoms with Crippen molar-refractivity contribution in [1.29, 1.82) is 0 Å². The average Bonchev–Trinajstić information content (AvgIpc) is 2.91. The molecule has 0 unspecified atom stereocenters. The molecule has 0 saturated heterocycles. The van der Waals surface area contributed by atoms with Gasteiger partial charge in [0.15, 0.2) is 5.75 Å². The third-order valence-electron chi connectivity index (χ3n) is 7.02. The molecule has 0 saturated carbocycles. The summed E-state index contributed by atoms with van der Waals surface area (Å²) in [5.74, 6) is 0.546. The highest BCUT2D eigenvalue weighted by Gasteiger charge is 2.09. The maximum absolute atomic E-state index is 12.3. The highest BCUT2D eigenvalue weighted by Crippen LogP contribution is 2.15. The molecule has 0 aliphatic rings. The van der Waals surface area contributed by atoms with Crippen LogP contribution in [0.4, 0.5) is 0 Å². The molecule has 0 aliphatic carbocycles. The van der Waals surface area contributed by atoms with Crippen molar-refractivity contribution in [2.75, 3.05) is 6.54 Å². The van der Waals surface area contributed by atoms with Crippen molar-refractivity contribution in [3.63, 3.8) is 0 Å². The summed E-state index contributed by atoms with van der Waals surface area (Å²) in [7, 11) is 0. The molecule has 1 aromatic heterocycles. The Labute approximate surface area is 225 Å². The minimum Gasteiger partial charge on any atom is -0.483 e. The Kier molecular flexibility index (Phi) is 16.2. The first-order valence-corrected chi connectivity index (χ1v) is 14.7. The lowest BCUT2D eigenvalue weighted by molar-refractivity contribution is -0.121. The summed E-state index contributed by atoms with van der Waals surface area (Å²) in [6, 6.07) is 11.4. The van der Waals surface area contributed by atoms with E-state index in [4.69, 9.17) is 4.74 Å². The minimum atomic E-state index is -0.101. The number of nitrogens with one attached hydrogen (secondary N) is 1. The Morgan fingerprint density at radius 1 is 0.811 bits per heavy atom. The largest absolute Gasteiger partial charge is 0.483 e. The van der Waals surface area contributed by atoms with Crippen LogP contribution in [-0.4, -0.2) is 17.0 Å². The van der Waals surface area contributed by atoms with Crippen LogP contribution < -0.4 is 15.5 Å².